The Labute approximate surface area is 126 Å². The maximum Gasteiger partial charge on any atom is 0.256 e. The largest absolute Gasteiger partial charge is 0.351 e. The first-order valence-corrected chi connectivity index (χ1v) is 7.01. The number of hydrogen-bond donors (Lipinski definition) is 2. The van der Waals surface area contributed by atoms with E-state index >= 15 is 0 Å². The normalized spacial score (nSPS) is 11.1. The van der Waals surface area contributed by atoms with Crippen LogP contribution in [0.15, 0.2) is 55.0 Å². The number of aromatic nitrogens is 3. The number of nitrogens with one attached hydrogen (secondary N) is 2. The van der Waals surface area contributed by atoms with Gasteiger partial charge in [-0.2, -0.15) is 0 Å². The van der Waals surface area contributed by atoms with Crippen molar-refractivity contribution in [1.82, 2.24) is 14.5 Å². The van der Waals surface area contributed by atoms with E-state index in [1.807, 2.05) is 60.3 Å². The van der Waals surface area contributed by atoms with Gasteiger partial charge in [-0.25, -0.2) is 4.98 Å². The number of H-pyrrole nitrogens is 1. The highest BCUT2D eigenvalue weighted by molar-refractivity contribution is 6.14. The second kappa shape index (κ2) is 4.73. The molecule has 22 heavy (non-hydrogen) atoms. The Bertz CT molecular complexity index is 996. The summed E-state index contributed by atoms with van der Waals surface area (Å²) >= 11 is 0. The number of hydrogen-bond acceptors (Lipinski definition) is 2. The molecule has 2 aromatic heterocycles. The molecule has 0 bridgehead atoms. The fourth-order valence-electron chi connectivity index (χ4n) is 2.76. The first-order valence-electron chi connectivity index (χ1n) is 7.01. The number of aryl methyl sites for hydroxylation is 1. The number of imidazole rings is 1. The summed E-state index contributed by atoms with van der Waals surface area (Å²) in [5, 5.41) is 3.90. The summed E-state index contributed by atoms with van der Waals surface area (Å²) in [6.07, 6.45) is 3.58. The minimum Gasteiger partial charge on any atom is -0.351 e. The minimum absolute atomic E-state index is 0.132. The van der Waals surface area contributed by atoms with Crippen LogP contribution in [0.25, 0.3) is 21.9 Å². The molecule has 2 aromatic carbocycles. The predicted molar refractivity (Wildman–Crippen MR) is 87.0 cm³/mol. The molecule has 0 unspecified atom stereocenters. The number of amides is 1. The van der Waals surface area contributed by atoms with Gasteiger partial charge in [0.05, 0.1) is 17.5 Å². The number of nitrogens with zero attached hydrogens (tertiary/aromatic N) is 2. The van der Waals surface area contributed by atoms with Gasteiger partial charge in [0.1, 0.15) is 5.52 Å². The van der Waals surface area contributed by atoms with E-state index in [1.54, 1.807) is 6.33 Å². The van der Waals surface area contributed by atoms with Crippen molar-refractivity contribution in [2.45, 2.75) is 0 Å². The molecule has 2 heterocycles. The zero-order valence-corrected chi connectivity index (χ0v) is 12.0. The SMILES string of the molecule is Cn1ccc2c(C(=O)Nc3cccc4[nH]cnc34)cccc21. The van der Waals surface area contributed by atoms with Crippen molar-refractivity contribution in [1.29, 1.82) is 0 Å². The van der Waals surface area contributed by atoms with Gasteiger partial charge in [0, 0.05) is 29.7 Å². The predicted octanol–water partition coefficient (Wildman–Crippen LogP) is 3.31. The van der Waals surface area contributed by atoms with E-state index in [1.165, 1.54) is 0 Å². The van der Waals surface area contributed by atoms with Crippen molar-refractivity contribution in [3.8, 4) is 0 Å². The zero-order valence-electron chi connectivity index (χ0n) is 12.0. The van der Waals surface area contributed by atoms with Crippen molar-refractivity contribution in [3.05, 3.63) is 60.6 Å². The molecule has 0 saturated heterocycles. The highest BCUT2D eigenvalue weighted by Crippen LogP contribution is 2.23. The van der Waals surface area contributed by atoms with Gasteiger partial charge in [0.15, 0.2) is 0 Å². The fourth-order valence-corrected chi connectivity index (χ4v) is 2.76. The molecule has 108 valence electrons. The van der Waals surface area contributed by atoms with Gasteiger partial charge >= 0.3 is 0 Å². The number of carbonyl (C=O) groups excluding carboxylic acids is 1. The Morgan fingerprint density at radius 1 is 1.18 bits per heavy atom. The summed E-state index contributed by atoms with van der Waals surface area (Å²) in [5.74, 6) is -0.132. The number of aromatic amines is 1. The van der Waals surface area contributed by atoms with Crippen LogP contribution in [0, 0.1) is 0 Å². The molecular weight excluding hydrogens is 276 g/mol. The quantitative estimate of drug-likeness (QED) is 0.595. The Morgan fingerprint density at radius 2 is 2.05 bits per heavy atom. The van der Waals surface area contributed by atoms with Crippen LogP contribution in [0.5, 0.6) is 0 Å². The first-order chi connectivity index (χ1) is 10.7. The number of para-hydroxylation sites is 1. The molecule has 0 aliphatic rings. The number of benzene rings is 2. The number of rotatable bonds is 2. The lowest BCUT2D eigenvalue weighted by atomic mass is 10.1. The van der Waals surface area contributed by atoms with Crippen molar-refractivity contribution < 1.29 is 4.79 Å². The van der Waals surface area contributed by atoms with Crippen LogP contribution < -0.4 is 5.32 Å². The van der Waals surface area contributed by atoms with E-state index < -0.39 is 0 Å². The zero-order chi connectivity index (χ0) is 15.1. The lowest BCUT2D eigenvalue weighted by molar-refractivity contribution is 0.102. The average molecular weight is 290 g/mol. The molecule has 2 N–H and O–H groups in total. The molecule has 0 aliphatic carbocycles. The number of carbonyl (C=O) groups is 1. The van der Waals surface area contributed by atoms with Gasteiger partial charge < -0.3 is 14.9 Å². The molecule has 0 saturated carbocycles. The monoisotopic (exact) mass is 290 g/mol. The topological polar surface area (TPSA) is 62.7 Å². The van der Waals surface area contributed by atoms with Gasteiger partial charge in [-0.1, -0.05) is 12.1 Å². The van der Waals surface area contributed by atoms with Crippen LogP contribution >= 0.6 is 0 Å². The van der Waals surface area contributed by atoms with Crippen LogP contribution in [0.2, 0.25) is 0 Å². The lowest BCUT2D eigenvalue weighted by Crippen LogP contribution is -2.12. The number of anilines is 1. The van der Waals surface area contributed by atoms with Crippen molar-refractivity contribution in [2.75, 3.05) is 5.32 Å². The van der Waals surface area contributed by atoms with Gasteiger partial charge in [-0.15, -0.1) is 0 Å². The summed E-state index contributed by atoms with van der Waals surface area (Å²) in [6.45, 7) is 0. The third kappa shape index (κ3) is 1.87. The second-order valence-electron chi connectivity index (χ2n) is 5.22. The third-order valence-electron chi connectivity index (χ3n) is 3.87. The Hall–Kier alpha value is -3.08. The molecule has 5 nitrogen and oxygen atoms in total. The third-order valence-corrected chi connectivity index (χ3v) is 3.87. The molecule has 1 amide bonds. The van der Waals surface area contributed by atoms with Gasteiger partial charge in [0.25, 0.3) is 5.91 Å². The van der Waals surface area contributed by atoms with E-state index in [0.717, 1.165) is 21.9 Å². The van der Waals surface area contributed by atoms with Crippen LogP contribution in [-0.4, -0.2) is 20.4 Å². The summed E-state index contributed by atoms with van der Waals surface area (Å²) in [6, 6.07) is 13.4. The Morgan fingerprint density at radius 3 is 2.95 bits per heavy atom. The van der Waals surface area contributed by atoms with Gasteiger partial charge in [-0.05, 0) is 30.3 Å². The highest BCUT2D eigenvalue weighted by atomic mass is 16.1. The van der Waals surface area contributed by atoms with Crippen molar-refractivity contribution in [3.63, 3.8) is 0 Å². The summed E-state index contributed by atoms with van der Waals surface area (Å²) < 4.78 is 2.00. The summed E-state index contributed by atoms with van der Waals surface area (Å²) in [7, 11) is 1.97. The van der Waals surface area contributed by atoms with Crippen LogP contribution in [-0.2, 0) is 7.05 Å². The van der Waals surface area contributed by atoms with E-state index in [9.17, 15) is 4.79 Å². The lowest BCUT2D eigenvalue weighted by Gasteiger charge is -2.07. The summed E-state index contributed by atoms with van der Waals surface area (Å²) in [4.78, 5) is 19.9. The van der Waals surface area contributed by atoms with Crippen LogP contribution in [0.4, 0.5) is 5.69 Å². The second-order valence-corrected chi connectivity index (χ2v) is 5.22. The fraction of sp³-hybridized carbons (Fsp3) is 0.0588. The van der Waals surface area contributed by atoms with E-state index in [-0.39, 0.29) is 5.91 Å². The standard InChI is InChI=1S/C17H14N4O/c1-21-9-8-11-12(4-2-7-15(11)21)17(22)20-14-6-3-5-13-16(14)19-10-18-13/h2-10H,1H3,(H,18,19)(H,20,22). The Balaban J connectivity index is 1.76. The molecule has 0 atom stereocenters. The first kappa shape index (κ1) is 12.6. The smallest absolute Gasteiger partial charge is 0.256 e. The van der Waals surface area contributed by atoms with E-state index in [2.05, 4.69) is 15.3 Å². The van der Waals surface area contributed by atoms with Crippen LogP contribution in [0.1, 0.15) is 10.4 Å². The maximum atomic E-state index is 12.6. The van der Waals surface area contributed by atoms with E-state index in [0.29, 0.717) is 11.3 Å². The Kier molecular flexibility index (Phi) is 2.72. The van der Waals surface area contributed by atoms with Gasteiger partial charge in [-0.3, -0.25) is 4.79 Å². The molecule has 0 aliphatic heterocycles. The average Bonchev–Trinajstić information content (AvgIpc) is 3.15. The highest BCUT2D eigenvalue weighted by Gasteiger charge is 2.13. The van der Waals surface area contributed by atoms with Crippen molar-refractivity contribution >= 4 is 33.5 Å². The molecule has 0 spiro atoms. The molecule has 0 fully saturated rings. The molecule has 0 radical (unpaired) electrons. The molecule has 4 rings (SSSR count). The molecule has 5 heteroatoms. The van der Waals surface area contributed by atoms with Gasteiger partial charge in [0.2, 0.25) is 0 Å². The molecular formula is C17H14N4O. The summed E-state index contributed by atoms with van der Waals surface area (Å²) in [5.41, 5.74) is 4.06. The van der Waals surface area contributed by atoms with Crippen molar-refractivity contribution in [2.24, 2.45) is 7.05 Å². The van der Waals surface area contributed by atoms with Crippen LogP contribution in [0.3, 0.4) is 0 Å². The number of fused-ring (bicyclic) bond motifs is 2. The molecule has 4 aromatic rings. The maximum absolute atomic E-state index is 12.6. The minimum atomic E-state index is -0.132. The van der Waals surface area contributed by atoms with E-state index in [4.69, 9.17) is 0 Å².